The van der Waals surface area contributed by atoms with E-state index in [0.29, 0.717) is 11.5 Å². The largest absolute Gasteiger partial charge is 0.491 e. The summed E-state index contributed by atoms with van der Waals surface area (Å²) in [6.07, 6.45) is 8.50. The molecule has 1 fully saturated rings. The second kappa shape index (κ2) is 12.6. The normalized spacial score (nSPS) is 19.5. The van der Waals surface area contributed by atoms with Crippen molar-refractivity contribution in [3.05, 3.63) is 66.5 Å². The van der Waals surface area contributed by atoms with Crippen LogP contribution in [0.2, 0.25) is 0 Å². The van der Waals surface area contributed by atoms with E-state index in [2.05, 4.69) is 11.8 Å². The van der Waals surface area contributed by atoms with E-state index in [4.69, 9.17) is 19.3 Å². The monoisotopic (exact) mass is 448 g/mol. The zero-order valence-corrected chi connectivity index (χ0v) is 17.2. The molecule has 9 heteroatoms. The molecule has 0 saturated carbocycles. The molecule has 0 radical (unpaired) electrons. The summed E-state index contributed by atoms with van der Waals surface area (Å²) in [6, 6.07) is 5.48. The first kappa shape index (κ1) is 24.2. The SMILES string of the molecule is O=C(O)COCC1(C=CC=CC#CC=C[C@@H](O)COc2ccc(F)cc2)CSC(=O)O1. The Morgan fingerprint density at radius 1 is 1.29 bits per heavy atom. The molecule has 1 unspecified atom stereocenters. The molecule has 0 aromatic heterocycles. The van der Waals surface area contributed by atoms with Gasteiger partial charge < -0.3 is 24.4 Å². The fourth-order valence-electron chi connectivity index (χ4n) is 2.28. The van der Waals surface area contributed by atoms with Gasteiger partial charge in [-0.25, -0.2) is 14.0 Å². The van der Waals surface area contributed by atoms with Gasteiger partial charge in [0.15, 0.2) is 5.60 Å². The van der Waals surface area contributed by atoms with Crippen LogP contribution in [0, 0.1) is 17.7 Å². The Bertz CT molecular complexity index is 899. The van der Waals surface area contributed by atoms with Gasteiger partial charge in [-0.2, -0.15) is 0 Å². The van der Waals surface area contributed by atoms with Crippen molar-refractivity contribution in [1.29, 1.82) is 0 Å². The minimum atomic E-state index is -1.11. The zero-order valence-electron chi connectivity index (χ0n) is 16.4. The molecular formula is C22H21FO7S. The third-order valence-corrected chi connectivity index (χ3v) is 4.65. The maximum absolute atomic E-state index is 12.8. The highest BCUT2D eigenvalue weighted by molar-refractivity contribution is 8.13. The lowest BCUT2D eigenvalue weighted by Gasteiger charge is -2.22. The van der Waals surface area contributed by atoms with Crippen LogP contribution in [-0.2, 0) is 14.3 Å². The van der Waals surface area contributed by atoms with Crippen molar-refractivity contribution >= 4 is 23.0 Å². The molecule has 2 N–H and O–H groups in total. The summed E-state index contributed by atoms with van der Waals surface area (Å²) >= 11 is 0.992. The van der Waals surface area contributed by atoms with E-state index in [-0.39, 0.29) is 19.0 Å². The van der Waals surface area contributed by atoms with Crippen LogP contribution in [0.4, 0.5) is 9.18 Å². The van der Waals surface area contributed by atoms with Gasteiger partial charge in [-0.1, -0.05) is 24.0 Å². The van der Waals surface area contributed by atoms with E-state index >= 15 is 0 Å². The maximum atomic E-state index is 12.8. The smallest absolute Gasteiger partial charge is 0.368 e. The van der Waals surface area contributed by atoms with E-state index in [1.54, 1.807) is 24.3 Å². The first-order valence-corrected chi connectivity index (χ1v) is 10.1. The van der Waals surface area contributed by atoms with Crippen molar-refractivity contribution in [2.45, 2.75) is 11.7 Å². The predicted octanol–water partition coefficient (Wildman–Crippen LogP) is 2.96. The number of aliphatic carboxylic acids is 1. The molecular weight excluding hydrogens is 427 g/mol. The molecule has 164 valence electrons. The number of benzene rings is 1. The number of carbonyl (C=O) groups excluding carboxylic acids is 1. The van der Waals surface area contributed by atoms with E-state index in [0.717, 1.165) is 11.8 Å². The number of aliphatic hydroxyl groups excluding tert-OH is 1. The fraction of sp³-hybridized carbons (Fsp3) is 0.273. The highest BCUT2D eigenvalue weighted by Crippen LogP contribution is 2.31. The van der Waals surface area contributed by atoms with E-state index in [1.807, 2.05) is 0 Å². The number of ether oxygens (including phenoxy) is 3. The molecule has 0 amide bonds. The van der Waals surface area contributed by atoms with E-state index in [9.17, 15) is 19.1 Å². The van der Waals surface area contributed by atoms with Crippen LogP contribution in [-0.4, -0.2) is 58.8 Å². The van der Waals surface area contributed by atoms with Crippen LogP contribution in [0.5, 0.6) is 5.75 Å². The lowest BCUT2D eigenvalue weighted by Crippen LogP contribution is -2.35. The second-order valence-corrected chi connectivity index (χ2v) is 7.20. The highest BCUT2D eigenvalue weighted by Gasteiger charge is 2.39. The maximum Gasteiger partial charge on any atom is 0.368 e. The summed E-state index contributed by atoms with van der Waals surface area (Å²) in [7, 11) is 0. The van der Waals surface area contributed by atoms with Crippen LogP contribution >= 0.6 is 11.8 Å². The Labute approximate surface area is 183 Å². The van der Waals surface area contributed by atoms with Gasteiger partial charge in [0, 0.05) is 0 Å². The van der Waals surface area contributed by atoms with Gasteiger partial charge in [0.1, 0.15) is 30.9 Å². The lowest BCUT2D eigenvalue weighted by molar-refractivity contribution is -0.143. The number of thioether (sulfide) groups is 1. The Kier molecular flexibility index (Phi) is 9.84. The van der Waals surface area contributed by atoms with Crippen molar-refractivity contribution in [2.24, 2.45) is 0 Å². The van der Waals surface area contributed by atoms with Crippen LogP contribution in [0.3, 0.4) is 0 Å². The quantitative estimate of drug-likeness (QED) is 0.320. The number of aliphatic hydroxyl groups is 1. The molecule has 0 bridgehead atoms. The van der Waals surface area contributed by atoms with Crippen LogP contribution in [0.15, 0.2) is 60.7 Å². The molecule has 1 saturated heterocycles. The number of carbonyl (C=O) groups is 2. The van der Waals surface area contributed by atoms with Gasteiger partial charge in [0.05, 0.1) is 12.4 Å². The van der Waals surface area contributed by atoms with Gasteiger partial charge >= 0.3 is 11.3 Å². The Morgan fingerprint density at radius 3 is 2.71 bits per heavy atom. The zero-order chi connectivity index (χ0) is 22.5. The molecule has 7 nitrogen and oxygen atoms in total. The standard InChI is InChI=1S/C22H21FO7S/c23-17-8-10-19(11-9-17)29-13-18(24)7-5-3-1-2-4-6-12-22(15-28-14-20(25)26)16-31-21(27)30-22/h2,4-12,18,24H,13-16H2,(H,25,26)/t18-,22?/m1/s1. The molecule has 0 spiro atoms. The molecule has 1 heterocycles. The van der Waals surface area contributed by atoms with Crippen molar-refractivity contribution in [1.82, 2.24) is 0 Å². The third-order valence-electron chi connectivity index (χ3n) is 3.70. The molecule has 0 aliphatic carbocycles. The Balaban J connectivity index is 1.76. The fourth-order valence-corrected chi connectivity index (χ4v) is 3.10. The van der Waals surface area contributed by atoms with Gasteiger partial charge in [0.25, 0.3) is 0 Å². The van der Waals surface area contributed by atoms with Crippen molar-refractivity contribution < 1.29 is 38.4 Å². The molecule has 2 rings (SSSR count). The summed E-state index contributed by atoms with van der Waals surface area (Å²) in [5.74, 6) is 4.76. The average Bonchev–Trinajstić information content (AvgIpc) is 3.10. The summed E-state index contributed by atoms with van der Waals surface area (Å²) < 4.78 is 28.4. The number of carboxylic acids is 1. The molecule has 2 atom stereocenters. The Hall–Kier alpha value is -3.06. The summed E-state index contributed by atoms with van der Waals surface area (Å²) in [6.45, 7) is -0.536. The van der Waals surface area contributed by atoms with Crippen LogP contribution in [0.25, 0.3) is 0 Å². The Morgan fingerprint density at radius 2 is 2.03 bits per heavy atom. The highest BCUT2D eigenvalue weighted by atomic mass is 32.2. The lowest BCUT2D eigenvalue weighted by atomic mass is 10.1. The van der Waals surface area contributed by atoms with Crippen LogP contribution in [0.1, 0.15) is 0 Å². The second-order valence-electron chi connectivity index (χ2n) is 6.29. The minimum Gasteiger partial charge on any atom is -0.491 e. The minimum absolute atomic E-state index is 0.00511. The van der Waals surface area contributed by atoms with Gasteiger partial charge in [0.2, 0.25) is 0 Å². The van der Waals surface area contributed by atoms with E-state index < -0.39 is 29.6 Å². The molecule has 31 heavy (non-hydrogen) atoms. The summed E-state index contributed by atoms with van der Waals surface area (Å²) in [4.78, 5) is 22.0. The number of rotatable bonds is 10. The van der Waals surface area contributed by atoms with Crippen molar-refractivity contribution in [3.63, 3.8) is 0 Å². The molecule has 1 aromatic carbocycles. The molecule has 1 aliphatic rings. The number of carboxylic acid groups (broad SMARTS) is 1. The van der Waals surface area contributed by atoms with Gasteiger partial charge in [-0.15, -0.1) is 0 Å². The number of halogens is 1. The van der Waals surface area contributed by atoms with Crippen molar-refractivity contribution in [3.8, 4) is 17.6 Å². The van der Waals surface area contributed by atoms with Crippen LogP contribution < -0.4 is 4.74 Å². The number of cyclic esters (lactones) is 1. The molecule has 1 aliphatic heterocycles. The number of hydrogen-bond donors (Lipinski definition) is 2. The van der Waals surface area contributed by atoms with Gasteiger partial charge in [-0.3, -0.25) is 0 Å². The third kappa shape index (κ3) is 9.53. The summed E-state index contributed by atoms with van der Waals surface area (Å²) in [5.41, 5.74) is -1.01. The van der Waals surface area contributed by atoms with Gasteiger partial charge in [-0.05, 0) is 60.3 Å². The average molecular weight is 448 g/mol. The van der Waals surface area contributed by atoms with E-state index in [1.165, 1.54) is 36.4 Å². The summed E-state index contributed by atoms with van der Waals surface area (Å²) in [5, 5.41) is 18.0. The first-order chi connectivity index (χ1) is 14.9. The van der Waals surface area contributed by atoms with Crippen molar-refractivity contribution in [2.75, 3.05) is 25.6 Å². The number of allylic oxidation sites excluding steroid dienone is 4. The topological polar surface area (TPSA) is 102 Å². The predicted molar refractivity (Wildman–Crippen MR) is 113 cm³/mol. The number of hydrogen-bond acceptors (Lipinski definition) is 7. The molecule has 1 aromatic rings. The first-order valence-electron chi connectivity index (χ1n) is 9.12.